The van der Waals surface area contributed by atoms with Crippen molar-refractivity contribution in [1.29, 1.82) is 0 Å². The van der Waals surface area contributed by atoms with E-state index < -0.39 is 21.6 Å². The molecule has 0 atom stereocenters. The minimum atomic E-state index is -4.58. The molecule has 4 nitrogen and oxygen atoms in total. The number of nitrogens with one attached hydrogen (secondary N) is 1. The van der Waals surface area contributed by atoms with E-state index in [-0.39, 0.29) is 38.5 Å². The van der Waals surface area contributed by atoms with Gasteiger partial charge in [-0.3, -0.25) is 4.79 Å². The van der Waals surface area contributed by atoms with Crippen LogP contribution in [-0.2, 0) is 39.0 Å². The van der Waals surface area contributed by atoms with Crippen molar-refractivity contribution in [1.82, 2.24) is 5.32 Å². The topological polar surface area (TPSA) is 63.2 Å². The third-order valence-electron chi connectivity index (χ3n) is 4.14. The zero-order chi connectivity index (χ0) is 23.2. The Labute approximate surface area is 193 Å². The lowest BCUT2D eigenvalue weighted by atomic mass is 10.1. The molecule has 0 fully saturated rings. The molecule has 1 N–H and O–H groups in total. The van der Waals surface area contributed by atoms with Crippen LogP contribution in [0.2, 0.25) is 5.02 Å². The van der Waals surface area contributed by atoms with E-state index in [2.05, 4.69) is 5.32 Å². The molecule has 11 heteroatoms. The van der Waals surface area contributed by atoms with Gasteiger partial charge in [-0.1, -0.05) is 30.3 Å². The highest BCUT2D eigenvalue weighted by Crippen LogP contribution is 2.38. The molecule has 31 heavy (non-hydrogen) atoms. The van der Waals surface area contributed by atoms with Gasteiger partial charge >= 0.3 is 6.18 Å². The number of amides is 1. The van der Waals surface area contributed by atoms with Crippen molar-refractivity contribution in [3.05, 3.63) is 52.5 Å². The van der Waals surface area contributed by atoms with Crippen molar-refractivity contribution in [3.63, 3.8) is 0 Å². The Morgan fingerprint density at radius 3 is 2.45 bits per heavy atom. The van der Waals surface area contributed by atoms with Gasteiger partial charge in [0, 0.05) is 9.79 Å². The molecule has 0 bridgehead atoms. The van der Waals surface area contributed by atoms with E-state index in [9.17, 15) is 26.4 Å². The minimum Gasteiger partial charge on any atom is -0.314 e. The Hall–Kier alpha value is -1.36. The van der Waals surface area contributed by atoms with E-state index >= 15 is 0 Å². The van der Waals surface area contributed by atoms with Crippen LogP contribution in [-0.4, -0.2) is 31.7 Å². The summed E-state index contributed by atoms with van der Waals surface area (Å²) in [5, 5.41) is 2.80. The molecule has 0 unspecified atom stereocenters. The van der Waals surface area contributed by atoms with Crippen molar-refractivity contribution >= 4 is 50.9 Å². The lowest BCUT2D eigenvalue weighted by Crippen LogP contribution is -2.27. The molecule has 2 aromatic rings. The van der Waals surface area contributed by atoms with Crippen LogP contribution in [0.25, 0.3) is 0 Å². The molecule has 2 aromatic carbocycles. The lowest BCUT2D eigenvalue weighted by molar-refractivity contribution is -0.137. The van der Waals surface area contributed by atoms with Gasteiger partial charge in [0.05, 0.1) is 27.7 Å². The number of sulfone groups is 1. The van der Waals surface area contributed by atoms with Crippen LogP contribution in [0.3, 0.4) is 0 Å². The van der Waals surface area contributed by atoms with Crippen molar-refractivity contribution < 1.29 is 26.4 Å². The molecular weight excluding hydrogens is 491 g/mol. The van der Waals surface area contributed by atoms with Gasteiger partial charge in [-0.25, -0.2) is 8.42 Å². The second-order valence-electron chi connectivity index (χ2n) is 6.44. The third kappa shape index (κ3) is 7.62. The van der Waals surface area contributed by atoms with Gasteiger partial charge in [0.2, 0.25) is 5.91 Å². The summed E-state index contributed by atoms with van der Waals surface area (Å²) in [6.07, 6.45) is -4.76. The van der Waals surface area contributed by atoms with Crippen molar-refractivity contribution in [2.45, 2.75) is 41.1 Å². The van der Waals surface area contributed by atoms with Crippen LogP contribution >= 0.6 is 23.4 Å². The molecule has 1 amide bonds. The molecule has 0 radical (unpaired) electrons. The number of halogens is 4. The quantitative estimate of drug-likeness (QED) is 0.299. The number of hydrogen-bond acceptors (Lipinski definition) is 4. The molecule has 0 saturated heterocycles. The number of rotatable bonds is 9. The minimum absolute atomic E-state index is 0.0529. The maximum atomic E-state index is 13.4. The van der Waals surface area contributed by atoms with E-state index in [0.29, 0.717) is 10.8 Å². The fourth-order valence-electron chi connectivity index (χ4n) is 2.54. The van der Waals surface area contributed by atoms with E-state index in [1.54, 1.807) is 0 Å². The first-order valence-corrected chi connectivity index (χ1v) is 13.4. The lowest BCUT2D eigenvalue weighted by Gasteiger charge is -2.13. The van der Waals surface area contributed by atoms with Gasteiger partial charge in [-0.15, -0.1) is 0 Å². The molecular formula is C20H22ClF3NO3S3+. The van der Waals surface area contributed by atoms with Crippen molar-refractivity contribution in [2.75, 3.05) is 17.4 Å². The zero-order valence-electron chi connectivity index (χ0n) is 16.8. The summed E-state index contributed by atoms with van der Waals surface area (Å²) in [5.41, 5.74) is -0.641. The molecule has 0 heterocycles. The first-order chi connectivity index (χ1) is 14.5. The van der Waals surface area contributed by atoms with Crippen molar-refractivity contribution in [3.8, 4) is 0 Å². The fourth-order valence-corrected chi connectivity index (χ4v) is 5.26. The molecule has 170 valence electrons. The summed E-state index contributed by atoms with van der Waals surface area (Å²) in [6, 6.07) is 7.57. The summed E-state index contributed by atoms with van der Waals surface area (Å²) >= 11 is 8.19. The van der Waals surface area contributed by atoms with Crippen LogP contribution in [0.1, 0.15) is 25.0 Å². The SMILES string of the molecule is CC[SH+]CNC(=O)Cc1cc(Sc2ccc(S(=O)(=O)CC)cc2Cl)cc(C(F)(F)F)c1. The smallest absolute Gasteiger partial charge is 0.314 e. The third-order valence-corrected chi connectivity index (χ3v) is 8.17. The Morgan fingerprint density at radius 2 is 1.87 bits per heavy atom. The Bertz CT molecular complexity index is 1040. The first-order valence-electron chi connectivity index (χ1n) is 9.27. The number of carbonyl (C=O) groups excluding carboxylic acids is 1. The summed E-state index contributed by atoms with van der Waals surface area (Å²) in [7, 11) is -3.45. The van der Waals surface area contributed by atoms with Crippen LogP contribution in [0, 0.1) is 0 Å². The number of thiol groups is 1. The molecule has 2 rings (SSSR count). The highest BCUT2D eigenvalue weighted by Gasteiger charge is 2.31. The second kappa shape index (κ2) is 11.0. The van der Waals surface area contributed by atoms with E-state index in [1.807, 2.05) is 6.92 Å². The number of alkyl halides is 3. The summed E-state index contributed by atoms with van der Waals surface area (Å²) in [5.74, 6) is 0.859. The summed E-state index contributed by atoms with van der Waals surface area (Å²) in [6.45, 7) is 3.47. The van der Waals surface area contributed by atoms with E-state index in [0.717, 1.165) is 41.4 Å². The number of hydrogen-bond donors (Lipinski definition) is 1. The highest BCUT2D eigenvalue weighted by molar-refractivity contribution is 7.99. The van der Waals surface area contributed by atoms with E-state index in [4.69, 9.17) is 11.6 Å². The average Bonchev–Trinajstić information content (AvgIpc) is 2.68. The van der Waals surface area contributed by atoms with Crippen LogP contribution in [0.4, 0.5) is 13.2 Å². The first kappa shape index (κ1) is 25.9. The second-order valence-corrected chi connectivity index (χ2v) is 11.6. The summed E-state index contributed by atoms with van der Waals surface area (Å²) in [4.78, 5) is 12.8. The molecule has 0 saturated carbocycles. The van der Waals surface area contributed by atoms with Crippen LogP contribution in [0.15, 0.2) is 51.1 Å². The average molecular weight is 513 g/mol. The zero-order valence-corrected chi connectivity index (χ0v) is 20.1. The van der Waals surface area contributed by atoms with Crippen LogP contribution < -0.4 is 5.32 Å². The standard InChI is InChI=1S/C20H21ClF3NO3S3/c1-3-29-12-25-19(26)9-13-7-14(20(22,23)24)10-15(8-13)30-18-6-5-16(11-17(18)21)31(27,28)4-2/h5-8,10-11H,3-4,9,12H2,1-2H3,(H,25,26)/p+1. The number of carbonyl (C=O) groups is 1. The Balaban J connectivity index is 2.32. The molecule has 0 aliphatic carbocycles. The highest BCUT2D eigenvalue weighted by atomic mass is 35.5. The Morgan fingerprint density at radius 1 is 1.16 bits per heavy atom. The van der Waals surface area contributed by atoms with Gasteiger partial charge in [0.1, 0.15) is 5.75 Å². The summed E-state index contributed by atoms with van der Waals surface area (Å²) < 4.78 is 64.1. The van der Waals surface area contributed by atoms with Gasteiger partial charge in [-0.05, 0) is 60.6 Å². The predicted molar refractivity (Wildman–Crippen MR) is 121 cm³/mol. The molecule has 0 aromatic heterocycles. The van der Waals surface area contributed by atoms with Crippen molar-refractivity contribution in [2.24, 2.45) is 0 Å². The maximum absolute atomic E-state index is 13.4. The van der Waals surface area contributed by atoms with E-state index in [1.165, 1.54) is 31.2 Å². The fraction of sp³-hybridized carbons (Fsp3) is 0.350. The van der Waals surface area contributed by atoms with Gasteiger partial charge in [-0.2, -0.15) is 13.2 Å². The van der Waals surface area contributed by atoms with Gasteiger partial charge < -0.3 is 5.32 Å². The monoisotopic (exact) mass is 512 g/mol. The molecule has 0 aliphatic heterocycles. The molecule has 0 spiro atoms. The Kier molecular flexibility index (Phi) is 9.17. The van der Waals surface area contributed by atoms with Gasteiger partial charge in [0.15, 0.2) is 15.7 Å². The van der Waals surface area contributed by atoms with Crippen LogP contribution in [0.5, 0.6) is 0 Å². The normalized spacial score (nSPS) is 12.1. The maximum Gasteiger partial charge on any atom is 0.416 e. The number of benzene rings is 2. The largest absolute Gasteiger partial charge is 0.416 e. The molecule has 0 aliphatic rings. The van der Waals surface area contributed by atoms with Gasteiger partial charge in [0.25, 0.3) is 0 Å². The predicted octanol–water partition coefficient (Wildman–Crippen LogP) is 4.75.